The molecule has 17 heavy (non-hydrogen) atoms. The van der Waals surface area contributed by atoms with Crippen molar-refractivity contribution in [1.29, 1.82) is 0 Å². The highest BCUT2D eigenvalue weighted by Gasteiger charge is 2.21. The van der Waals surface area contributed by atoms with Crippen molar-refractivity contribution in [2.45, 2.75) is 52.4 Å². The molecule has 0 unspecified atom stereocenters. The summed E-state index contributed by atoms with van der Waals surface area (Å²) in [6.45, 7) is 13.4. The van der Waals surface area contributed by atoms with Gasteiger partial charge in [0.05, 0.1) is 0 Å². The van der Waals surface area contributed by atoms with E-state index in [1.807, 2.05) is 17.5 Å². The van der Waals surface area contributed by atoms with E-state index in [9.17, 15) is 0 Å². The second kappa shape index (κ2) is 3.81. The van der Waals surface area contributed by atoms with Gasteiger partial charge in [-0.1, -0.05) is 41.5 Å². The first kappa shape index (κ1) is 12.6. The van der Waals surface area contributed by atoms with Crippen molar-refractivity contribution in [2.75, 3.05) is 0 Å². The molecule has 0 amide bonds. The third-order valence-corrected chi connectivity index (χ3v) is 3.98. The van der Waals surface area contributed by atoms with Crippen LogP contribution in [0, 0.1) is 0 Å². The maximum atomic E-state index is 4.63. The summed E-state index contributed by atoms with van der Waals surface area (Å²) in [5.74, 6) is 0. The molecule has 0 radical (unpaired) electrons. The zero-order valence-electron chi connectivity index (χ0n) is 11.6. The summed E-state index contributed by atoms with van der Waals surface area (Å²) in [5, 5.41) is 3.59. The number of pyridine rings is 1. The Balaban J connectivity index is 2.61. The molecule has 0 saturated carbocycles. The van der Waals surface area contributed by atoms with Crippen molar-refractivity contribution in [3.8, 4) is 0 Å². The van der Waals surface area contributed by atoms with Gasteiger partial charge in [0.1, 0.15) is 0 Å². The second-order valence-electron chi connectivity index (χ2n) is 6.72. The van der Waals surface area contributed by atoms with Gasteiger partial charge in [0.25, 0.3) is 0 Å². The lowest BCUT2D eigenvalue weighted by Crippen LogP contribution is -2.13. The Morgan fingerprint density at radius 1 is 1.00 bits per heavy atom. The summed E-state index contributed by atoms with van der Waals surface area (Å²) in [5.41, 5.74) is 2.90. The van der Waals surface area contributed by atoms with Gasteiger partial charge in [0, 0.05) is 27.4 Å². The van der Waals surface area contributed by atoms with Crippen LogP contribution >= 0.6 is 11.3 Å². The molecule has 2 rings (SSSR count). The number of aromatic nitrogens is 1. The predicted octanol–water partition coefficient (Wildman–Crippen LogP) is 4.89. The molecule has 0 aliphatic rings. The molecule has 92 valence electrons. The highest BCUT2D eigenvalue weighted by molar-refractivity contribution is 7.17. The van der Waals surface area contributed by atoms with Crippen molar-refractivity contribution < 1.29 is 0 Å². The first-order valence-corrected chi connectivity index (χ1v) is 6.96. The number of rotatable bonds is 0. The van der Waals surface area contributed by atoms with E-state index in [2.05, 4.69) is 58.0 Å². The summed E-state index contributed by atoms with van der Waals surface area (Å²) in [6.07, 6.45) is 2.05. The Morgan fingerprint density at radius 2 is 1.65 bits per heavy atom. The molecule has 0 saturated heterocycles. The van der Waals surface area contributed by atoms with E-state index in [4.69, 9.17) is 0 Å². The minimum Gasteiger partial charge on any atom is -0.260 e. The SMILES string of the molecule is CC(C)(C)c1cc2scc(C(C)(C)C)c2cn1. The van der Waals surface area contributed by atoms with Gasteiger partial charge in [-0.2, -0.15) is 0 Å². The fraction of sp³-hybridized carbons (Fsp3) is 0.533. The van der Waals surface area contributed by atoms with Crippen molar-refractivity contribution in [1.82, 2.24) is 4.98 Å². The van der Waals surface area contributed by atoms with Crippen LogP contribution in [0.5, 0.6) is 0 Å². The van der Waals surface area contributed by atoms with Gasteiger partial charge < -0.3 is 0 Å². The maximum absolute atomic E-state index is 4.63. The van der Waals surface area contributed by atoms with Gasteiger partial charge in [0.15, 0.2) is 0 Å². The van der Waals surface area contributed by atoms with Gasteiger partial charge in [-0.3, -0.25) is 4.98 Å². The normalized spacial score (nSPS) is 13.3. The third-order valence-electron chi connectivity index (χ3n) is 3.04. The van der Waals surface area contributed by atoms with Crippen molar-refractivity contribution in [2.24, 2.45) is 0 Å². The smallest absolute Gasteiger partial charge is 0.0471 e. The summed E-state index contributed by atoms with van der Waals surface area (Å²) >= 11 is 1.83. The zero-order valence-corrected chi connectivity index (χ0v) is 12.4. The monoisotopic (exact) mass is 247 g/mol. The number of hydrogen-bond acceptors (Lipinski definition) is 2. The Hall–Kier alpha value is -0.890. The Bertz CT molecular complexity index is 538. The molecular weight excluding hydrogens is 226 g/mol. The fourth-order valence-corrected chi connectivity index (χ4v) is 3.11. The van der Waals surface area contributed by atoms with Crippen LogP contribution in [0.4, 0.5) is 0 Å². The van der Waals surface area contributed by atoms with E-state index >= 15 is 0 Å². The van der Waals surface area contributed by atoms with E-state index in [1.54, 1.807) is 0 Å². The largest absolute Gasteiger partial charge is 0.260 e. The van der Waals surface area contributed by atoms with Crippen molar-refractivity contribution in [3.05, 3.63) is 28.9 Å². The van der Waals surface area contributed by atoms with Gasteiger partial charge in [-0.15, -0.1) is 11.3 Å². The quantitative estimate of drug-likeness (QED) is 0.646. The van der Waals surface area contributed by atoms with Crippen LogP contribution in [0.3, 0.4) is 0 Å². The highest BCUT2D eigenvalue weighted by atomic mass is 32.1. The first-order valence-electron chi connectivity index (χ1n) is 6.08. The zero-order chi connectivity index (χ0) is 12.8. The molecule has 0 N–H and O–H groups in total. The van der Waals surface area contributed by atoms with Crippen LogP contribution in [0.2, 0.25) is 0 Å². The lowest BCUT2D eigenvalue weighted by molar-refractivity contribution is 0.570. The first-order chi connectivity index (χ1) is 7.69. The summed E-state index contributed by atoms with van der Waals surface area (Å²) in [4.78, 5) is 4.63. The standard InChI is InChI=1S/C15H21NS/c1-14(2,3)11-9-17-12-7-13(15(4,5)6)16-8-10(11)12/h7-9H,1-6H3. The lowest BCUT2D eigenvalue weighted by atomic mass is 9.86. The van der Waals surface area contributed by atoms with Gasteiger partial charge in [0.2, 0.25) is 0 Å². The summed E-state index contributed by atoms with van der Waals surface area (Å²) < 4.78 is 1.36. The van der Waals surface area contributed by atoms with Crippen molar-refractivity contribution >= 4 is 21.4 Å². The van der Waals surface area contributed by atoms with E-state index in [0.29, 0.717) is 0 Å². The molecule has 0 fully saturated rings. The van der Waals surface area contributed by atoms with Crippen LogP contribution < -0.4 is 0 Å². The molecule has 2 aromatic rings. The predicted molar refractivity (Wildman–Crippen MR) is 77.0 cm³/mol. The number of thiophene rings is 1. The van der Waals surface area contributed by atoms with Gasteiger partial charge in [-0.05, 0) is 22.4 Å². The number of hydrogen-bond donors (Lipinski definition) is 0. The Labute approximate surface area is 108 Å². The Morgan fingerprint density at radius 3 is 2.18 bits per heavy atom. The van der Waals surface area contributed by atoms with Gasteiger partial charge in [-0.25, -0.2) is 0 Å². The summed E-state index contributed by atoms with van der Waals surface area (Å²) in [6, 6.07) is 2.25. The molecule has 0 aromatic carbocycles. The van der Waals surface area contributed by atoms with Crippen LogP contribution in [-0.4, -0.2) is 4.98 Å². The topological polar surface area (TPSA) is 12.9 Å². The molecule has 0 atom stereocenters. The van der Waals surface area contributed by atoms with Crippen LogP contribution in [0.25, 0.3) is 10.1 Å². The minimum absolute atomic E-state index is 0.125. The van der Waals surface area contributed by atoms with Gasteiger partial charge >= 0.3 is 0 Å². The minimum atomic E-state index is 0.125. The maximum Gasteiger partial charge on any atom is 0.0471 e. The van der Waals surface area contributed by atoms with Crippen LogP contribution in [0.1, 0.15) is 52.8 Å². The highest BCUT2D eigenvalue weighted by Crippen LogP contribution is 2.35. The van der Waals surface area contributed by atoms with Crippen molar-refractivity contribution in [3.63, 3.8) is 0 Å². The molecule has 0 aliphatic heterocycles. The molecule has 0 spiro atoms. The molecule has 0 bridgehead atoms. The molecule has 1 nitrogen and oxygen atoms in total. The lowest BCUT2D eigenvalue weighted by Gasteiger charge is -2.19. The van der Waals surface area contributed by atoms with Crippen LogP contribution in [0.15, 0.2) is 17.6 Å². The molecular formula is C15H21NS. The van der Waals surface area contributed by atoms with E-state index in [1.165, 1.54) is 21.3 Å². The molecule has 2 heterocycles. The fourth-order valence-electron chi connectivity index (χ4n) is 1.91. The molecule has 2 heteroatoms. The molecule has 2 aromatic heterocycles. The second-order valence-corrected chi connectivity index (χ2v) is 7.63. The number of nitrogens with zero attached hydrogens (tertiary/aromatic N) is 1. The average Bonchev–Trinajstić information content (AvgIpc) is 2.57. The van der Waals surface area contributed by atoms with E-state index in [-0.39, 0.29) is 10.8 Å². The van der Waals surface area contributed by atoms with E-state index < -0.39 is 0 Å². The molecule has 0 aliphatic carbocycles. The summed E-state index contributed by atoms with van der Waals surface area (Å²) in [7, 11) is 0. The Kier molecular flexibility index (Phi) is 2.81. The average molecular weight is 247 g/mol. The van der Waals surface area contributed by atoms with E-state index in [0.717, 1.165) is 0 Å². The third kappa shape index (κ3) is 2.37. The van der Waals surface area contributed by atoms with Crippen LogP contribution in [-0.2, 0) is 10.8 Å². The number of fused-ring (bicyclic) bond motifs is 1.